The van der Waals surface area contributed by atoms with Gasteiger partial charge in [-0.05, 0) is 12.5 Å². The van der Waals surface area contributed by atoms with E-state index >= 15 is 0 Å². The summed E-state index contributed by atoms with van der Waals surface area (Å²) in [5, 5.41) is 7.49. The average molecular weight is 255 g/mol. The summed E-state index contributed by atoms with van der Waals surface area (Å²) in [6.07, 6.45) is 6.10. The third-order valence-corrected chi connectivity index (χ3v) is 2.71. The zero-order valence-corrected chi connectivity index (χ0v) is 10.4. The lowest BCUT2D eigenvalue weighted by Gasteiger charge is -2.17. The molecule has 0 amide bonds. The van der Waals surface area contributed by atoms with Gasteiger partial charge in [0.05, 0.1) is 18.8 Å². The molecule has 0 aliphatic carbocycles. The van der Waals surface area contributed by atoms with E-state index < -0.39 is 0 Å². The van der Waals surface area contributed by atoms with Crippen LogP contribution in [0.2, 0.25) is 0 Å². The molecule has 5 nitrogen and oxygen atoms in total. The molecule has 17 heavy (non-hydrogen) atoms. The molecule has 0 radical (unpaired) electrons. The van der Waals surface area contributed by atoms with Crippen molar-refractivity contribution in [1.29, 1.82) is 0 Å². The van der Waals surface area contributed by atoms with Crippen LogP contribution in [-0.4, -0.2) is 40.2 Å². The van der Waals surface area contributed by atoms with E-state index in [1.54, 1.807) is 24.0 Å². The molecule has 0 saturated heterocycles. The summed E-state index contributed by atoms with van der Waals surface area (Å²) in [6.45, 7) is 0.601. The van der Waals surface area contributed by atoms with Gasteiger partial charge < -0.3 is 10.1 Å². The van der Waals surface area contributed by atoms with Crippen molar-refractivity contribution in [2.75, 3.05) is 24.9 Å². The van der Waals surface area contributed by atoms with E-state index in [4.69, 9.17) is 16.3 Å². The molecule has 0 aliphatic rings. The first-order valence-electron chi connectivity index (χ1n) is 5.45. The first-order chi connectivity index (χ1) is 8.35. The van der Waals surface area contributed by atoms with Crippen molar-refractivity contribution in [3.05, 3.63) is 24.7 Å². The van der Waals surface area contributed by atoms with Crippen molar-refractivity contribution in [3.63, 3.8) is 0 Å². The van der Waals surface area contributed by atoms with Gasteiger partial charge in [-0.2, -0.15) is 5.10 Å². The fraction of sp³-hybridized carbons (Fsp3) is 0.455. The van der Waals surface area contributed by atoms with Crippen molar-refractivity contribution in [1.82, 2.24) is 14.6 Å². The first kappa shape index (κ1) is 12.1. The van der Waals surface area contributed by atoms with E-state index in [0.29, 0.717) is 12.5 Å². The van der Waals surface area contributed by atoms with Crippen LogP contribution in [0.15, 0.2) is 24.7 Å². The number of fused-ring (bicyclic) bond motifs is 1. The molecule has 0 fully saturated rings. The molecule has 0 bridgehead atoms. The Morgan fingerprint density at radius 2 is 2.41 bits per heavy atom. The number of alkyl halides is 1. The average Bonchev–Trinajstić information content (AvgIpc) is 2.79. The quantitative estimate of drug-likeness (QED) is 0.799. The van der Waals surface area contributed by atoms with Crippen LogP contribution in [0.25, 0.3) is 5.52 Å². The molecule has 0 spiro atoms. The summed E-state index contributed by atoms with van der Waals surface area (Å²) < 4.78 is 6.93. The highest BCUT2D eigenvalue weighted by Crippen LogP contribution is 2.14. The zero-order chi connectivity index (χ0) is 12.1. The maximum atomic E-state index is 5.76. The molecule has 2 aromatic heterocycles. The van der Waals surface area contributed by atoms with Crippen LogP contribution in [0.1, 0.15) is 6.42 Å². The maximum Gasteiger partial charge on any atom is 0.152 e. The molecule has 0 saturated carbocycles. The predicted octanol–water partition coefficient (Wildman–Crippen LogP) is 1.79. The Bertz CT molecular complexity index is 467. The fourth-order valence-corrected chi connectivity index (χ4v) is 1.96. The lowest BCUT2D eigenvalue weighted by atomic mass is 10.2. The summed E-state index contributed by atoms with van der Waals surface area (Å²) in [5.74, 6) is 1.39. The number of aromatic nitrogens is 3. The smallest absolute Gasteiger partial charge is 0.152 e. The van der Waals surface area contributed by atoms with Crippen molar-refractivity contribution >= 4 is 22.9 Å². The molecule has 1 atom stereocenters. The van der Waals surface area contributed by atoms with Crippen molar-refractivity contribution < 1.29 is 4.74 Å². The van der Waals surface area contributed by atoms with Gasteiger partial charge >= 0.3 is 0 Å². The molecule has 0 aliphatic heterocycles. The van der Waals surface area contributed by atoms with E-state index in [-0.39, 0.29) is 6.04 Å². The van der Waals surface area contributed by atoms with Gasteiger partial charge in [0.2, 0.25) is 0 Å². The van der Waals surface area contributed by atoms with Gasteiger partial charge in [0.1, 0.15) is 5.52 Å². The Hall–Kier alpha value is -1.33. The SMILES string of the molecule is COCC(CCCl)Nc1nccn2nccc12. The summed E-state index contributed by atoms with van der Waals surface area (Å²) in [5.41, 5.74) is 0.947. The van der Waals surface area contributed by atoms with Crippen molar-refractivity contribution in [2.24, 2.45) is 0 Å². The van der Waals surface area contributed by atoms with E-state index in [1.165, 1.54) is 0 Å². The number of nitrogens with one attached hydrogen (secondary N) is 1. The molecule has 2 rings (SSSR count). The highest BCUT2D eigenvalue weighted by Gasteiger charge is 2.10. The minimum absolute atomic E-state index is 0.158. The number of halogens is 1. The minimum Gasteiger partial charge on any atom is -0.383 e. The zero-order valence-electron chi connectivity index (χ0n) is 9.64. The molecule has 2 aromatic rings. The van der Waals surface area contributed by atoms with Crippen LogP contribution < -0.4 is 5.32 Å². The molecule has 6 heteroatoms. The van der Waals surface area contributed by atoms with Crippen LogP contribution in [0.3, 0.4) is 0 Å². The number of nitrogens with zero attached hydrogens (tertiary/aromatic N) is 3. The van der Waals surface area contributed by atoms with E-state index in [1.807, 2.05) is 12.3 Å². The second-order valence-electron chi connectivity index (χ2n) is 3.71. The monoisotopic (exact) mass is 254 g/mol. The molecular weight excluding hydrogens is 240 g/mol. The summed E-state index contributed by atoms with van der Waals surface area (Å²) in [7, 11) is 1.68. The Kier molecular flexibility index (Phi) is 4.17. The van der Waals surface area contributed by atoms with Gasteiger partial charge in [-0.3, -0.25) is 0 Å². The number of anilines is 1. The molecule has 1 N–H and O–H groups in total. The van der Waals surface area contributed by atoms with Crippen LogP contribution in [0.5, 0.6) is 0 Å². The van der Waals surface area contributed by atoms with Gasteiger partial charge in [-0.1, -0.05) is 0 Å². The lowest BCUT2D eigenvalue weighted by molar-refractivity contribution is 0.184. The Morgan fingerprint density at radius 3 is 3.18 bits per heavy atom. The summed E-state index contributed by atoms with van der Waals surface area (Å²) in [4.78, 5) is 4.31. The van der Waals surface area contributed by atoms with E-state index in [0.717, 1.165) is 17.8 Å². The molecule has 0 aromatic carbocycles. The predicted molar refractivity (Wildman–Crippen MR) is 67.6 cm³/mol. The summed E-state index contributed by atoms with van der Waals surface area (Å²) >= 11 is 5.76. The molecule has 1 unspecified atom stereocenters. The number of rotatable bonds is 6. The molecular formula is C11H15ClN4O. The summed E-state index contributed by atoms with van der Waals surface area (Å²) in [6, 6.07) is 2.07. The van der Waals surface area contributed by atoms with Crippen LogP contribution >= 0.6 is 11.6 Å². The fourth-order valence-electron chi connectivity index (χ4n) is 1.69. The Morgan fingerprint density at radius 1 is 1.53 bits per heavy atom. The van der Waals surface area contributed by atoms with Gasteiger partial charge in [0.15, 0.2) is 5.82 Å². The number of ether oxygens (including phenoxy) is 1. The number of hydrogen-bond donors (Lipinski definition) is 1. The van der Waals surface area contributed by atoms with Crippen molar-refractivity contribution in [2.45, 2.75) is 12.5 Å². The molecule has 92 valence electrons. The lowest BCUT2D eigenvalue weighted by Crippen LogP contribution is -2.26. The topological polar surface area (TPSA) is 51.5 Å². The normalized spacial score (nSPS) is 12.8. The van der Waals surface area contributed by atoms with Gasteiger partial charge in [-0.25, -0.2) is 9.50 Å². The number of hydrogen-bond acceptors (Lipinski definition) is 4. The van der Waals surface area contributed by atoms with Crippen LogP contribution in [-0.2, 0) is 4.74 Å². The first-order valence-corrected chi connectivity index (χ1v) is 5.98. The maximum absolute atomic E-state index is 5.76. The third kappa shape index (κ3) is 2.87. The van der Waals surface area contributed by atoms with Gasteiger partial charge in [0, 0.05) is 25.4 Å². The highest BCUT2D eigenvalue weighted by molar-refractivity contribution is 6.17. The van der Waals surface area contributed by atoms with Crippen LogP contribution in [0.4, 0.5) is 5.82 Å². The third-order valence-electron chi connectivity index (χ3n) is 2.49. The highest BCUT2D eigenvalue weighted by atomic mass is 35.5. The van der Waals surface area contributed by atoms with E-state index in [9.17, 15) is 0 Å². The van der Waals surface area contributed by atoms with Crippen molar-refractivity contribution in [3.8, 4) is 0 Å². The Labute approximate surface area is 105 Å². The second-order valence-corrected chi connectivity index (χ2v) is 4.09. The van der Waals surface area contributed by atoms with E-state index in [2.05, 4.69) is 15.4 Å². The van der Waals surface area contributed by atoms with Gasteiger partial charge in [-0.15, -0.1) is 11.6 Å². The standard InChI is InChI=1S/C11H15ClN4O/c1-17-8-9(2-4-12)15-11-10-3-5-14-16(10)7-6-13-11/h3,5-7,9H,2,4,8H2,1H3,(H,13,15). The molecule has 2 heterocycles. The largest absolute Gasteiger partial charge is 0.383 e. The number of methoxy groups -OCH3 is 1. The van der Waals surface area contributed by atoms with Crippen LogP contribution in [0, 0.1) is 0 Å². The second kappa shape index (κ2) is 5.84. The van der Waals surface area contributed by atoms with Gasteiger partial charge in [0.25, 0.3) is 0 Å². The Balaban J connectivity index is 2.18. The minimum atomic E-state index is 0.158.